The minimum atomic E-state index is -0.660. The normalized spacial score (nSPS) is 39.4. The first kappa shape index (κ1) is 18.4. The summed E-state index contributed by atoms with van der Waals surface area (Å²) in [6.07, 6.45) is 3.64. The van der Waals surface area contributed by atoms with Crippen LogP contribution in [0.5, 0.6) is 0 Å². The van der Waals surface area contributed by atoms with E-state index < -0.39 is 12.1 Å². The van der Waals surface area contributed by atoms with Gasteiger partial charge in [-0.2, -0.15) is 0 Å². The lowest BCUT2D eigenvalue weighted by molar-refractivity contribution is -0.524. The average molecular weight is 389 g/mol. The Balaban J connectivity index is 1.92. The van der Waals surface area contributed by atoms with Gasteiger partial charge < -0.3 is 0 Å². The van der Waals surface area contributed by atoms with Gasteiger partial charge in [-0.15, -0.1) is 23.2 Å². The zero-order chi connectivity index (χ0) is 16.3. The molecule has 0 heterocycles. The quantitative estimate of drug-likeness (QED) is 0.306. The van der Waals surface area contributed by atoms with Crippen LogP contribution in [0.25, 0.3) is 0 Å². The van der Waals surface area contributed by atoms with Crippen LogP contribution in [0.15, 0.2) is 0 Å². The van der Waals surface area contributed by atoms with Gasteiger partial charge in [-0.1, -0.05) is 21.6 Å². The number of nitrogens with zero attached hydrogens (tertiary/aromatic N) is 2. The third kappa shape index (κ3) is 4.79. The molecule has 126 valence electrons. The van der Waals surface area contributed by atoms with E-state index in [-0.39, 0.29) is 31.1 Å². The van der Waals surface area contributed by atoms with Crippen LogP contribution in [0, 0.1) is 20.2 Å². The number of rotatable bonds is 5. The number of nitro groups is 2. The monoisotopic (exact) mass is 388 g/mol. The van der Waals surface area contributed by atoms with Crippen molar-refractivity contribution in [2.75, 3.05) is 0 Å². The topological polar surface area (TPSA) is 86.3 Å². The van der Waals surface area contributed by atoms with Gasteiger partial charge in [0.2, 0.25) is 12.1 Å². The van der Waals surface area contributed by atoms with Gasteiger partial charge in [-0.3, -0.25) is 20.2 Å². The highest BCUT2D eigenvalue weighted by Crippen LogP contribution is 2.44. The second kappa shape index (κ2) is 8.26. The molecule has 6 atom stereocenters. The molecule has 2 fully saturated rings. The maximum Gasteiger partial charge on any atom is 0.227 e. The highest BCUT2D eigenvalue weighted by molar-refractivity contribution is 8.77. The van der Waals surface area contributed by atoms with Gasteiger partial charge >= 0.3 is 0 Å². The average Bonchev–Trinajstić information content (AvgIpc) is 2.46. The molecule has 10 heteroatoms. The Morgan fingerprint density at radius 2 is 1.14 bits per heavy atom. The molecule has 0 amide bonds. The molecule has 0 bridgehead atoms. The Morgan fingerprint density at radius 3 is 1.45 bits per heavy atom. The summed E-state index contributed by atoms with van der Waals surface area (Å²) in [6, 6.07) is -1.32. The molecule has 0 aromatic rings. The van der Waals surface area contributed by atoms with Crippen molar-refractivity contribution in [3.05, 3.63) is 20.2 Å². The van der Waals surface area contributed by atoms with E-state index in [1.165, 1.54) is 21.6 Å². The molecule has 0 aromatic carbocycles. The second-order valence-electron chi connectivity index (χ2n) is 5.80. The number of alkyl halides is 2. The molecular weight excluding hydrogens is 371 g/mol. The van der Waals surface area contributed by atoms with Gasteiger partial charge in [0.15, 0.2) is 0 Å². The van der Waals surface area contributed by atoms with Crippen molar-refractivity contribution < 1.29 is 9.85 Å². The standard InChI is InChI=1S/C12H18Cl2N2O4S2/c13-7-1-3-11(9(5-7)15(17)18)21-22-12-4-2-8(14)6-10(12)16(19)20/h7-12H,1-6H2/t7-,8+,9-,10-,11+,12+/m0/s1. The van der Waals surface area contributed by atoms with Crippen LogP contribution >= 0.6 is 44.8 Å². The summed E-state index contributed by atoms with van der Waals surface area (Å²) in [5.74, 6) is 0. The smallest absolute Gasteiger partial charge is 0.227 e. The highest BCUT2D eigenvalue weighted by Gasteiger charge is 2.42. The van der Waals surface area contributed by atoms with Gasteiger partial charge in [0, 0.05) is 33.4 Å². The molecule has 2 aliphatic rings. The van der Waals surface area contributed by atoms with Crippen LogP contribution in [0.1, 0.15) is 38.5 Å². The third-order valence-corrected chi connectivity index (χ3v) is 8.54. The maximum atomic E-state index is 11.2. The van der Waals surface area contributed by atoms with Crippen molar-refractivity contribution in [2.24, 2.45) is 0 Å². The molecule has 0 N–H and O–H groups in total. The van der Waals surface area contributed by atoms with Gasteiger partial charge in [-0.05, 0) is 25.7 Å². The highest BCUT2D eigenvalue weighted by atomic mass is 35.5. The molecule has 0 spiro atoms. The van der Waals surface area contributed by atoms with E-state index in [0.717, 1.165) is 12.8 Å². The summed E-state index contributed by atoms with van der Waals surface area (Å²) >= 11 is 12.1. The minimum absolute atomic E-state index is 0.129. The van der Waals surface area contributed by atoms with E-state index in [0.29, 0.717) is 25.7 Å². The Hall–Kier alpha value is 0.0800. The molecule has 0 aliphatic heterocycles. The Labute approximate surface area is 146 Å². The Bertz CT molecular complexity index is 394. The van der Waals surface area contributed by atoms with E-state index in [2.05, 4.69) is 0 Å². The van der Waals surface area contributed by atoms with Crippen LogP contribution in [0.4, 0.5) is 0 Å². The lowest BCUT2D eigenvalue weighted by Crippen LogP contribution is -2.40. The maximum absolute atomic E-state index is 11.2. The van der Waals surface area contributed by atoms with Crippen molar-refractivity contribution in [1.29, 1.82) is 0 Å². The summed E-state index contributed by atoms with van der Waals surface area (Å²) in [5, 5.41) is 21.8. The van der Waals surface area contributed by atoms with Crippen LogP contribution in [-0.2, 0) is 0 Å². The fraction of sp³-hybridized carbons (Fsp3) is 1.00. The minimum Gasteiger partial charge on any atom is -0.264 e. The predicted molar refractivity (Wildman–Crippen MR) is 91.3 cm³/mol. The van der Waals surface area contributed by atoms with Crippen LogP contribution < -0.4 is 0 Å². The number of halogens is 2. The molecule has 2 aliphatic carbocycles. The fourth-order valence-corrected chi connectivity index (χ4v) is 7.20. The van der Waals surface area contributed by atoms with E-state index in [9.17, 15) is 20.2 Å². The van der Waals surface area contributed by atoms with Crippen molar-refractivity contribution in [3.8, 4) is 0 Å². The molecule has 0 unspecified atom stereocenters. The SMILES string of the molecule is O=[N+]([O-])[C@H]1C[C@H](Cl)CC[C@H]1SS[C@@H]1CC[C@H](Cl)C[C@@H]1[N+](=O)[O-]. The van der Waals surface area contributed by atoms with Gasteiger partial charge in [0.1, 0.15) is 0 Å². The van der Waals surface area contributed by atoms with E-state index in [1.54, 1.807) is 0 Å². The van der Waals surface area contributed by atoms with Crippen LogP contribution in [-0.4, -0.2) is 43.2 Å². The first-order valence-electron chi connectivity index (χ1n) is 7.25. The molecule has 6 nitrogen and oxygen atoms in total. The lowest BCUT2D eigenvalue weighted by Gasteiger charge is -2.31. The van der Waals surface area contributed by atoms with Crippen molar-refractivity contribution in [3.63, 3.8) is 0 Å². The first-order chi connectivity index (χ1) is 10.4. The largest absolute Gasteiger partial charge is 0.264 e. The van der Waals surface area contributed by atoms with E-state index in [1.807, 2.05) is 0 Å². The third-order valence-electron chi connectivity index (χ3n) is 4.23. The summed E-state index contributed by atoms with van der Waals surface area (Å²) < 4.78 is 0. The summed E-state index contributed by atoms with van der Waals surface area (Å²) in [7, 11) is 2.87. The molecule has 22 heavy (non-hydrogen) atoms. The van der Waals surface area contributed by atoms with E-state index >= 15 is 0 Å². The molecule has 2 rings (SSSR count). The van der Waals surface area contributed by atoms with Crippen LogP contribution in [0.3, 0.4) is 0 Å². The van der Waals surface area contributed by atoms with Crippen molar-refractivity contribution in [2.45, 2.75) is 71.9 Å². The lowest BCUT2D eigenvalue weighted by atomic mass is 9.95. The Kier molecular flexibility index (Phi) is 6.91. The van der Waals surface area contributed by atoms with E-state index in [4.69, 9.17) is 23.2 Å². The van der Waals surface area contributed by atoms with Gasteiger partial charge in [-0.25, -0.2) is 0 Å². The first-order valence-corrected chi connectivity index (χ1v) is 10.4. The van der Waals surface area contributed by atoms with Crippen LogP contribution in [0.2, 0.25) is 0 Å². The number of hydrogen-bond acceptors (Lipinski definition) is 6. The van der Waals surface area contributed by atoms with Gasteiger partial charge in [0.05, 0.1) is 10.5 Å². The Morgan fingerprint density at radius 1 is 0.773 bits per heavy atom. The summed E-state index contributed by atoms with van der Waals surface area (Å²) in [6.45, 7) is 0. The van der Waals surface area contributed by atoms with Gasteiger partial charge in [0.25, 0.3) is 0 Å². The molecule has 0 aromatic heterocycles. The van der Waals surface area contributed by atoms with Crippen molar-refractivity contribution >= 4 is 44.8 Å². The zero-order valence-electron chi connectivity index (χ0n) is 11.8. The van der Waals surface area contributed by atoms with Crippen molar-refractivity contribution in [1.82, 2.24) is 0 Å². The zero-order valence-corrected chi connectivity index (χ0v) is 15.0. The molecular formula is C12H18Cl2N2O4S2. The summed E-state index contributed by atoms with van der Waals surface area (Å²) in [4.78, 5) is 21.8. The molecule has 0 radical (unpaired) electrons. The fourth-order valence-electron chi connectivity index (χ4n) is 2.95. The second-order valence-corrected chi connectivity index (χ2v) is 9.78. The predicted octanol–water partition coefficient (Wildman–Crippen LogP) is 3.98. The number of hydrogen-bond donors (Lipinski definition) is 0. The molecule has 0 saturated heterocycles. The summed E-state index contributed by atoms with van der Waals surface area (Å²) in [5.41, 5.74) is 0. The molecule has 2 saturated carbocycles.